The van der Waals surface area contributed by atoms with Crippen LogP contribution in [-0.4, -0.2) is 35.2 Å². The summed E-state index contributed by atoms with van der Waals surface area (Å²) in [7, 11) is 0. The zero-order valence-corrected chi connectivity index (χ0v) is 17.9. The molecule has 1 aromatic heterocycles. The van der Waals surface area contributed by atoms with Crippen molar-refractivity contribution in [2.75, 3.05) is 6.61 Å². The Morgan fingerprint density at radius 3 is 2.63 bits per heavy atom. The van der Waals surface area contributed by atoms with Crippen LogP contribution >= 0.6 is 0 Å². The predicted molar refractivity (Wildman–Crippen MR) is 110 cm³/mol. The second-order valence-corrected chi connectivity index (χ2v) is 8.21. The van der Waals surface area contributed by atoms with Crippen LogP contribution in [0, 0.1) is 13.8 Å². The molecule has 0 unspecified atom stereocenters. The fraction of sp³-hybridized carbons (Fsp3) is 0.500. The summed E-state index contributed by atoms with van der Waals surface area (Å²) in [6.07, 6.45) is 1.71. The van der Waals surface area contributed by atoms with E-state index >= 15 is 0 Å². The van der Waals surface area contributed by atoms with E-state index < -0.39 is 23.5 Å². The van der Waals surface area contributed by atoms with Gasteiger partial charge < -0.3 is 24.3 Å². The highest BCUT2D eigenvalue weighted by molar-refractivity contribution is 5.92. The van der Waals surface area contributed by atoms with E-state index in [-0.39, 0.29) is 18.6 Å². The standard InChI is InChI=1S/C22H27NO7/c1-6-14(20(25)26)23-17(24)10-28-16-9-15-13(7-8-22(4,5)30-15)19-18(16)11(2)12(3)21(27)29-19/h9,14H,6-8,10H2,1-5H3,(H,23,24)(H,25,26)/t14-/m0/s1. The number of ether oxygens (including phenoxy) is 2. The second kappa shape index (κ2) is 8.01. The third-order valence-electron chi connectivity index (χ3n) is 5.51. The summed E-state index contributed by atoms with van der Waals surface area (Å²) in [4.78, 5) is 35.7. The molecule has 0 spiro atoms. The molecular formula is C22H27NO7. The number of carboxylic acid groups (broad SMARTS) is 1. The summed E-state index contributed by atoms with van der Waals surface area (Å²) < 4.78 is 17.5. The molecule has 8 heteroatoms. The van der Waals surface area contributed by atoms with E-state index in [1.54, 1.807) is 26.8 Å². The lowest BCUT2D eigenvalue weighted by Gasteiger charge is -2.33. The van der Waals surface area contributed by atoms with Crippen LogP contribution in [0.25, 0.3) is 11.0 Å². The lowest BCUT2D eigenvalue weighted by Crippen LogP contribution is -2.42. The molecule has 3 rings (SSSR count). The van der Waals surface area contributed by atoms with Gasteiger partial charge >= 0.3 is 11.6 Å². The Bertz CT molecular complexity index is 1070. The molecule has 2 aromatic rings. The van der Waals surface area contributed by atoms with Gasteiger partial charge in [-0.05, 0) is 52.5 Å². The molecule has 0 aliphatic carbocycles. The summed E-state index contributed by atoms with van der Waals surface area (Å²) in [6.45, 7) is 8.72. The molecule has 1 aliphatic rings. The molecule has 2 heterocycles. The maximum absolute atomic E-state index is 12.3. The average Bonchev–Trinajstić information content (AvgIpc) is 2.67. The van der Waals surface area contributed by atoms with Crippen molar-refractivity contribution < 1.29 is 28.6 Å². The summed E-state index contributed by atoms with van der Waals surface area (Å²) in [5, 5.41) is 12.2. The van der Waals surface area contributed by atoms with E-state index in [1.807, 2.05) is 13.8 Å². The molecular weight excluding hydrogens is 390 g/mol. The number of benzene rings is 1. The van der Waals surface area contributed by atoms with Gasteiger partial charge in [0.15, 0.2) is 6.61 Å². The number of nitrogens with one attached hydrogen (secondary N) is 1. The van der Waals surface area contributed by atoms with Crippen LogP contribution in [0.2, 0.25) is 0 Å². The van der Waals surface area contributed by atoms with Gasteiger partial charge in [-0.15, -0.1) is 0 Å². The summed E-state index contributed by atoms with van der Waals surface area (Å²) in [6, 6.07) is 0.736. The first kappa shape index (κ1) is 21.7. The molecule has 0 saturated carbocycles. The predicted octanol–water partition coefficient (Wildman–Crippen LogP) is 2.87. The van der Waals surface area contributed by atoms with Crippen molar-refractivity contribution in [3.05, 3.63) is 33.2 Å². The van der Waals surface area contributed by atoms with E-state index in [2.05, 4.69) is 5.32 Å². The largest absolute Gasteiger partial charge is 0.487 e. The van der Waals surface area contributed by atoms with Gasteiger partial charge in [0.2, 0.25) is 0 Å². The Kier molecular flexibility index (Phi) is 5.78. The Labute approximate surface area is 174 Å². The minimum atomic E-state index is -1.10. The number of carbonyl (C=O) groups excluding carboxylic acids is 1. The molecule has 1 aromatic carbocycles. The highest BCUT2D eigenvalue weighted by atomic mass is 16.5. The van der Waals surface area contributed by atoms with Crippen molar-refractivity contribution in [1.29, 1.82) is 0 Å². The Morgan fingerprint density at radius 1 is 1.30 bits per heavy atom. The van der Waals surface area contributed by atoms with Crippen LogP contribution in [-0.2, 0) is 16.0 Å². The number of amides is 1. The molecule has 0 radical (unpaired) electrons. The quantitative estimate of drug-likeness (QED) is 0.695. The van der Waals surface area contributed by atoms with Gasteiger partial charge in [0, 0.05) is 17.2 Å². The first-order chi connectivity index (χ1) is 14.0. The fourth-order valence-corrected chi connectivity index (χ4v) is 3.56. The topological polar surface area (TPSA) is 115 Å². The minimum Gasteiger partial charge on any atom is -0.487 e. The molecule has 0 saturated heterocycles. The highest BCUT2D eigenvalue weighted by Crippen LogP contribution is 2.43. The Hall–Kier alpha value is -3.03. The van der Waals surface area contributed by atoms with E-state index in [0.717, 1.165) is 12.0 Å². The molecule has 1 amide bonds. The van der Waals surface area contributed by atoms with Gasteiger partial charge in [0.05, 0.1) is 5.39 Å². The van der Waals surface area contributed by atoms with Crippen LogP contribution in [0.5, 0.6) is 11.5 Å². The molecule has 0 fully saturated rings. The highest BCUT2D eigenvalue weighted by Gasteiger charge is 2.31. The van der Waals surface area contributed by atoms with Gasteiger partial charge in [-0.2, -0.15) is 0 Å². The van der Waals surface area contributed by atoms with E-state index in [1.165, 1.54) is 0 Å². The van der Waals surface area contributed by atoms with Crippen molar-refractivity contribution in [2.24, 2.45) is 0 Å². The van der Waals surface area contributed by atoms with Gasteiger partial charge in [-0.3, -0.25) is 4.79 Å². The number of fused-ring (bicyclic) bond motifs is 3. The molecule has 162 valence electrons. The van der Waals surface area contributed by atoms with Crippen molar-refractivity contribution >= 4 is 22.8 Å². The molecule has 0 bridgehead atoms. The van der Waals surface area contributed by atoms with E-state index in [9.17, 15) is 14.4 Å². The number of hydrogen-bond acceptors (Lipinski definition) is 6. The van der Waals surface area contributed by atoms with Gasteiger partial charge in [0.1, 0.15) is 28.7 Å². The van der Waals surface area contributed by atoms with Crippen LogP contribution in [0.4, 0.5) is 0 Å². The van der Waals surface area contributed by atoms with Gasteiger partial charge in [0.25, 0.3) is 5.91 Å². The second-order valence-electron chi connectivity index (χ2n) is 8.21. The minimum absolute atomic E-state index is 0.259. The number of carboxylic acids is 1. The number of carbonyl (C=O) groups is 2. The summed E-state index contributed by atoms with van der Waals surface area (Å²) in [5.41, 5.74) is 1.58. The van der Waals surface area contributed by atoms with Crippen molar-refractivity contribution in [3.63, 3.8) is 0 Å². The normalized spacial score (nSPS) is 15.8. The van der Waals surface area contributed by atoms with Crippen LogP contribution in [0.3, 0.4) is 0 Å². The molecule has 2 N–H and O–H groups in total. The summed E-state index contributed by atoms with van der Waals surface area (Å²) >= 11 is 0. The first-order valence-electron chi connectivity index (χ1n) is 9.98. The molecule has 1 aliphatic heterocycles. The number of hydrogen-bond donors (Lipinski definition) is 2. The summed E-state index contributed by atoms with van der Waals surface area (Å²) in [5.74, 6) is -0.751. The fourth-order valence-electron chi connectivity index (χ4n) is 3.56. The van der Waals surface area contributed by atoms with Crippen molar-refractivity contribution in [1.82, 2.24) is 5.32 Å². The maximum atomic E-state index is 12.3. The maximum Gasteiger partial charge on any atom is 0.339 e. The lowest BCUT2D eigenvalue weighted by atomic mass is 9.92. The Morgan fingerprint density at radius 2 is 2.00 bits per heavy atom. The lowest BCUT2D eigenvalue weighted by molar-refractivity contribution is -0.142. The third kappa shape index (κ3) is 4.13. The SMILES string of the molecule is CC[C@H](NC(=O)COc1cc2c(c3oc(=O)c(C)c(C)c13)CCC(C)(C)O2)C(=O)O. The van der Waals surface area contributed by atoms with Crippen LogP contribution in [0.15, 0.2) is 15.3 Å². The third-order valence-corrected chi connectivity index (χ3v) is 5.51. The number of aryl methyl sites for hydroxylation is 2. The monoisotopic (exact) mass is 417 g/mol. The van der Waals surface area contributed by atoms with Crippen LogP contribution in [0.1, 0.15) is 50.3 Å². The van der Waals surface area contributed by atoms with Gasteiger partial charge in [-0.1, -0.05) is 6.92 Å². The Balaban J connectivity index is 2.01. The smallest absolute Gasteiger partial charge is 0.339 e. The number of rotatable bonds is 6. The molecule has 30 heavy (non-hydrogen) atoms. The van der Waals surface area contributed by atoms with Gasteiger partial charge in [-0.25, -0.2) is 9.59 Å². The van der Waals surface area contributed by atoms with Crippen LogP contribution < -0.4 is 20.4 Å². The molecule has 1 atom stereocenters. The average molecular weight is 417 g/mol. The van der Waals surface area contributed by atoms with E-state index in [4.69, 9.17) is 19.0 Å². The molecule has 8 nitrogen and oxygen atoms in total. The van der Waals surface area contributed by atoms with Crippen molar-refractivity contribution in [2.45, 2.75) is 65.5 Å². The zero-order valence-electron chi connectivity index (χ0n) is 17.9. The van der Waals surface area contributed by atoms with Crippen molar-refractivity contribution in [3.8, 4) is 11.5 Å². The number of aliphatic carboxylic acids is 1. The zero-order chi connectivity index (χ0) is 22.2. The van der Waals surface area contributed by atoms with E-state index in [0.29, 0.717) is 40.0 Å². The first-order valence-corrected chi connectivity index (χ1v) is 9.98.